The van der Waals surface area contributed by atoms with E-state index in [-0.39, 0.29) is 11.3 Å². The van der Waals surface area contributed by atoms with Gasteiger partial charge in [0.25, 0.3) is 6.43 Å². The molecular weight excluding hydrogens is 392 g/mol. The molecule has 0 aliphatic heterocycles. The third kappa shape index (κ3) is 1.98. The van der Waals surface area contributed by atoms with E-state index in [0.717, 1.165) is 3.57 Å². The number of aromatic hydroxyl groups is 1. The molecule has 0 amide bonds. The quantitative estimate of drug-likeness (QED) is 0.721. The first kappa shape index (κ1) is 10.4. The molecule has 66 valence electrons. The molecule has 1 N–H and O–H groups in total. The molecule has 1 aromatic carbocycles. The standard InChI is InChI=1S/C7H4F2I2O/c8-7(9)5-4(12)2-1-3(10)6(5)11/h1-2,7,12H. The van der Waals surface area contributed by atoms with Crippen molar-refractivity contribution in [3.8, 4) is 5.75 Å². The van der Waals surface area contributed by atoms with E-state index in [1.54, 1.807) is 28.7 Å². The maximum Gasteiger partial charge on any atom is 0.268 e. The number of alkyl halides is 2. The zero-order valence-corrected chi connectivity index (χ0v) is 10.0. The predicted octanol–water partition coefficient (Wildman–Crippen LogP) is 3.54. The lowest BCUT2D eigenvalue weighted by Gasteiger charge is -2.06. The van der Waals surface area contributed by atoms with Crippen molar-refractivity contribution in [3.63, 3.8) is 0 Å². The average Bonchev–Trinajstić information content (AvgIpc) is 1.97. The number of benzene rings is 1. The molecule has 1 aromatic rings. The van der Waals surface area contributed by atoms with Gasteiger partial charge in [-0.25, -0.2) is 8.78 Å². The highest BCUT2D eigenvalue weighted by Crippen LogP contribution is 2.34. The van der Waals surface area contributed by atoms with Gasteiger partial charge in [-0.3, -0.25) is 0 Å². The fourth-order valence-corrected chi connectivity index (χ4v) is 1.93. The predicted molar refractivity (Wildman–Crippen MR) is 58.5 cm³/mol. The maximum absolute atomic E-state index is 12.3. The molecule has 0 saturated carbocycles. The Morgan fingerprint density at radius 1 is 1.25 bits per heavy atom. The van der Waals surface area contributed by atoms with Crippen molar-refractivity contribution in [2.45, 2.75) is 6.43 Å². The summed E-state index contributed by atoms with van der Waals surface area (Å²) in [5.41, 5.74) is -0.275. The van der Waals surface area contributed by atoms with Crippen LogP contribution in [-0.4, -0.2) is 5.11 Å². The lowest BCUT2D eigenvalue weighted by atomic mass is 10.2. The van der Waals surface area contributed by atoms with E-state index in [9.17, 15) is 8.78 Å². The fraction of sp³-hybridized carbons (Fsp3) is 0.143. The molecule has 0 atom stereocenters. The number of rotatable bonds is 1. The molecule has 0 spiro atoms. The van der Waals surface area contributed by atoms with Crippen LogP contribution in [0.3, 0.4) is 0 Å². The summed E-state index contributed by atoms with van der Waals surface area (Å²) in [4.78, 5) is 0. The highest BCUT2D eigenvalue weighted by molar-refractivity contribution is 14.1. The largest absolute Gasteiger partial charge is 0.507 e. The monoisotopic (exact) mass is 396 g/mol. The second kappa shape index (κ2) is 4.03. The first-order valence-electron chi connectivity index (χ1n) is 2.99. The molecule has 0 heterocycles. The second-order valence-electron chi connectivity index (χ2n) is 2.09. The van der Waals surface area contributed by atoms with Crippen molar-refractivity contribution < 1.29 is 13.9 Å². The van der Waals surface area contributed by atoms with Crippen LogP contribution in [0.25, 0.3) is 0 Å². The molecule has 0 unspecified atom stereocenters. The Labute approximate surface area is 95.4 Å². The second-order valence-corrected chi connectivity index (χ2v) is 4.34. The van der Waals surface area contributed by atoms with E-state index in [0.29, 0.717) is 3.57 Å². The van der Waals surface area contributed by atoms with Gasteiger partial charge in [-0.2, -0.15) is 0 Å². The van der Waals surface area contributed by atoms with Gasteiger partial charge in [0.2, 0.25) is 0 Å². The van der Waals surface area contributed by atoms with E-state index in [2.05, 4.69) is 0 Å². The molecule has 0 aromatic heterocycles. The summed E-state index contributed by atoms with van der Waals surface area (Å²) in [5, 5.41) is 9.10. The first-order valence-corrected chi connectivity index (χ1v) is 5.14. The summed E-state index contributed by atoms with van der Waals surface area (Å²) in [6, 6.07) is 2.88. The van der Waals surface area contributed by atoms with Crippen molar-refractivity contribution in [1.82, 2.24) is 0 Å². The van der Waals surface area contributed by atoms with Crippen molar-refractivity contribution in [2.75, 3.05) is 0 Å². The Kier molecular flexibility index (Phi) is 3.50. The van der Waals surface area contributed by atoms with Crippen molar-refractivity contribution in [2.24, 2.45) is 0 Å². The lowest BCUT2D eigenvalue weighted by Crippen LogP contribution is -1.92. The topological polar surface area (TPSA) is 20.2 Å². The average molecular weight is 396 g/mol. The van der Waals surface area contributed by atoms with E-state index >= 15 is 0 Å². The van der Waals surface area contributed by atoms with Gasteiger partial charge in [0, 0.05) is 7.14 Å². The van der Waals surface area contributed by atoms with Crippen LogP contribution >= 0.6 is 45.2 Å². The van der Waals surface area contributed by atoms with Gasteiger partial charge in [0.1, 0.15) is 5.75 Å². The summed E-state index contributed by atoms with van der Waals surface area (Å²) in [7, 11) is 0. The van der Waals surface area contributed by atoms with E-state index in [1.807, 2.05) is 22.6 Å². The maximum atomic E-state index is 12.3. The molecule has 5 heteroatoms. The van der Waals surface area contributed by atoms with Gasteiger partial charge in [-0.1, -0.05) is 0 Å². The number of halogens is 4. The molecule has 0 radical (unpaired) electrons. The van der Waals surface area contributed by atoms with Crippen LogP contribution in [0, 0.1) is 7.14 Å². The smallest absolute Gasteiger partial charge is 0.268 e. The van der Waals surface area contributed by atoms with E-state index in [4.69, 9.17) is 5.11 Å². The number of hydrogen-bond acceptors (Lipinski definition) is 1. The molecule has 0 aliphatic carbocycles. The van der Waals surface area contributed by atoms with Crippen LogP contribution in [0.5, 0.6) is 5.75 Å². The SMILES string of the molecule is Oc1ccc(I)c(I)c1C(F)F. The van der Waals surface area contributed by atoms with Gasteiger partial charge in [-0.15, -0.1) is 0 Å². The third-order valence-electron chi connectivity index (χ3n) is 1.33. The fourth-order valence-electron chi connectivity index (χ4n) is 0.764. The minimum absolute atomic E-state index is 0.275. The molecule has 0 aliphatic rings. The van der Waals surface area contributed by atoms with Crippen molar-refractivity contribution in [1.29, 1.82) is 0 Å². The Hall–Kier alpha value is 0.340. The minimum Gasteiger partial charge on any atom is -0.507 e. The Bertz CT molecular complexity index is 302. The summed E-state index contributed by atoms with van der Waals surface area (Å²) in [5.74, 6) is -0.338. The van der Waals surface area contributed by atoms with Crippen LogP contribution in [0.2, 0.25) is 0 Å². The van der Waals surface area contributed by atoms with Gasteiger partial charge < -0.3 is 5.11 Å². The summed E-state index contributed by atoms with van der Waals surface area (Å²) in [6.45, 7) is 0. The molecule has 1 nitrogen and oxygen atoms in total. The highest BCUT2D eigenvalue weighted by Gasteiger charge is 2.18. The Morgan fingerprint density at radius 2 is 1.83 bits per heavy atom. The van der Waals surface area contributed by atoms with Gasteiger partial charge >= 0.3 is 0 Å². The van der Waals surface area contributed by atoms with Gasteiger partial charge in [0.05, 0.1) is 5.56 Å². The van der Waals surface area contributed by atoms with Crippen molar-refractivity contribution >= 4 is 45.2 Å². The Morgan fingerprint density at radius 3 is 2.25 bits per heavy atom. The molecule has 0 fully saturated rings. The van der Waals surface area contributed by atoms with Crippen LogP contribution in [0.15, 0.2) is 12.1 Å². The minimum atomic E-state index is -2.62. The summed E-state index contributed by atoms with van der Waals surface area (Å²) >= 11 is 3.75. The van der Waals surface area contributed by atoms with E-state index in [1.165, 1.54) is 6.07 Å². The van der Waals surface area contributed by atoms with Crippen LogP contribution < -0.4 is 0 Å². The molecule has 0 bridgehead atoms. The van der Waals surface area contributed by atoms with Gasteiger partial charge in [-0.05, 0) is 57.3 Å². The van der Waals surface area contributed by atoms with Crippen LogP contribution in [-0.2, 0) is 0 Å². The third-order valence-corrected chi connectivity index (χ3v) is 4.42. The normalized spacial score (nSPS) is 10.8. The first-order chi connectivity index (χ1) is 5.54. The number of phenolic OH excluding ortho intramolecular Hbond substituents is 1. The number of hydrogen-bond donors (Lipinski definition) is 1. The molecule has 0 saturated heterocycles. The lowest BCUT2D eigenvalue weighted by molar-refractivity contribution is 0.146. The molecular formula is C7H4F2I2O. The summed E-state index contributed by atoms with van der Waals surface area (Å²) in [6.07, 6.45) is -2.62. The zero-order valence-electron chi connectivity index (χ0n) is 5.69. The highest BCUT2D eigenvalue weighted by atomic mass is 127. The Balaban J connectivity index is 3.33. The van der Waals surface area contributed by atoms with E-state index < -0.39 is 6.43 Å². The zero-order chi connectivity index (χ0) is 9.30. The van der Waals surface area contributed by atoms with Crippen molar-refractivity contribution in [3.05, 3.63) is 24.8 Å². The molecule has 12 heavy (non-hydrogen) atoms. The summed E-state index contributed by atoms with van der Waals surface area (Å²) < 4.78 is 25.7. The van der Waals surface area contributed by atoms with Gasteiger partial charge in [0.15, 0.2) is 0 Å². The number of phenols is 1. The molecule has 1 rings (SSSR count). The van der Waals surface area contributed by atoms with Crippen LogP contribution in [0.1, 0.15) is 12.0 Å². The van der Waals surface area contributed by atoms with Crippen LogP contribution in [0.4, 0.5) is 8.78 Å².